The SMILES string of the molecule is O=C(CCn1cc[nH]c1=S)NC1CC1. The van der Waals surface area contributed by atoms with E-state index in [0.717, 1.165) is 12.8 Å². The lowest BCUT2D eigenvalue weighted by Crippen LogP contribution is -2.26. The first kappa shape index (κ1) is 9.45. The molecular formula is C9H13N3OS. The number of carbonyl (C=O) groups excluding carboxylic acids is 1. The van der Waals surface area contributed by atoms with Gasteiger partial charge in [0.05, 0.1) is 0 Å². The summed E-state index contributed by atoms with van der Waals surface area (Å²) in [5.41, 5.74) is 0. The predicted molar refractivity (Wildman–Crippen MR) is 55.4 cm³/mol. The molecule has 1 amide bonds. The fourth-order valence-electron chi connectivity index (χ4n) is 1.27. The number of nitrogens with one attached hydrogen (secondary N) is 2. The minimum atomic E-state index is 0.121. The molecule has 1 fully saturated rings. The second-order valence-electron chi connectivity index (χ2n) is 3.55. The van der Waals surface area contributed by atoms with Crippen LogP contribution < -0.4 is 5.32 Å². The molecule has 1 aliphatic rings. The number of aryl methyl sites for hydroxylation is 1. The summed E-state index contributed by atoms with van der Waals surface area (Å²) in [6, 6.07) is 0.446. The molecule has 1 aromatic heterocycles. The van der Waals surface area contributed by atoms with Gasteiger partial charge in [-0.25, -0.2) is 0 Å². The molecule has 1 heterocycles. The van der Waals surface area contributed by atoms with Crippen LogP contribution in [-0.2, 0) is 11.3 Å². The number of imidazole rings is 1. The lowest BCUT2D eigenvalue weighted by Gasteiger charge is -2.03. The monoisotopic (exact) mass is 211 g/mol. The van der Waals surface area contributed by atoms with E-state index >= 15 is 0 Å². The first-order valence-electron chi connectivity index (χ1n) is 4.79. The Morgan fingerprint density at radius 1 is 1.71 bits per heavy atom. The largest absolute Gasteiger partial charge is 0.353 e. The van der Waals surface area contributed by atoms with Gasteiger partial charge in [0.1, 0.15) is 0 Å². The average molecular weight is 211 g/mol. The highest BCUT2D eigenvalue weighted by Crippen LogP contribution is 2.18. The summed E-state index contributed by atoms with van der Waals surface area (Å²) < 4.78 is 2.53. The number of nitrogens with zero attached hydrogens (tertiary/aromatic N) is 1. The van der Waals surface area contributed by atoms with Crippen molar-refractivity contribution in [3.05, 3.63) is 17.2 Å². The smallest absolute Gasteiger partial charge is 0.222 e. The first-order chi connectivity index (χ1) is 6.75. The van der Waals surface area contributed by atoms with Crippen LogP contribution in [0.1, 0.15) is 19.3 Å². The van der Waals surface area contributed by atoms with Crippen molar-refractivity contribution in [1.82, 2.24) is 14.9 Å². The molecule has 0 atom stereocenters. The van der Waals surface area contributed by atoms with Crippen LogP contribution in [0.3, 0.4) is 0 Å². The van der Waals surface area contributed by atoms with Crippen molar-refractivity contribution >= 4 is 18.1 Å². The molecule has 4 nitrogen and oxygen atoms in total. The van der Waals surface area contributed by atoms with E-state index in [4.69, 9.17) is 12.2 Å². The number of aromatic amines is 1. The summed E-state index contributed by atoms with van der Waals surface area (Å²) in [5, 5.41) is 2.94. The van der Waals surface area contributed by atoms with Gasteiger partial charge < -0.3 is 14.9 Å². The van der Waals surface area contributed by atoms with E-state index in [9.17, 15) is 4.79 Å². The van der Waals surface area contributed by atoms with Crippen LogP contribution in [0.2, 0.25) is 0 Å². The molecule has 0 unspecified atom stereocenters. The third-order valence-corrected chi connectivity index (χ3v) is 2.60. The Labute approximate surface area is 87.3 Å². The molecule has 5 heteroatoms. The molecule has 14 heavy (non-hydrogen) atoms. The van der Waals surface area contributed by atoms with Crippen LogP contribution in [-0.4, -0.2) is 21.5 Å². The fraction of sp³-hybridized carbons (Fsp3) is 0.556. The highest BCUT2D eigenvalue weighted by molar-refractivity contribution is 7.71. The van der Waals surface area contributed by atoms with Gasteiger partial charge in [0.25, 0.3) is 0 Å². The van der Waals surface area contributed by atoms with Gasteiger partial charge in [-0.3, -0.25) is 4.79 Å². The van der Waals surface area contributed by atoms with E-state index in [1.165, 1.54) is 0 Å². The van der Waals surface area contributed by atoms with E-state index in [1.54, 1.807) is 6.20 Å². The van der Waals surface area contributed by atoms with Crippen molar-refractivity contribution in [2.45, 2.75) is 31.8 Å². The molecule has 76 valence electrons. The Bertz CT molecular complexity index is 377. The third kappa shape index (κ3) is 2.45. The Balaban J connectivity index is 1.78. The van der Waals surface area contributed by atoms with Gasteiger partial charge in [0, 0.05) is 31.4 Å². The van der Waals surface area contributed by atoms with E-state index in [1.807, 2.05) is 10.8 Å². The quantitative estimate of drug-likeness (QED) is 0.736. The molecule has 0 radical (unpaired) electrons. The molecule has 1 saturated carbocycles. The van der Waals surface area contributed by atoms with Crippen LogP contribution in [0, 0.1) is 4.77 Å². The maximum absolute atomic E-state index is 11.3. The van der Waals surface area contributed by atoms with Crippen molar-refractivity contribution in [2.24, 2.45) is 0 Å². The van der Waals surface area contributed by atoms with Gasteiger partial charge in [0.2, 0.25) is 5.91 Å². The Hall–Kier alpha value is -1.10. The van der Waals surface area contributed by atoms with Gasteiger partial charge >= 0.3 is 0 Å². The van der Waals surface area contributed by atoms with Crippen LogP contribution in [0.4, 0.5) is 0 Å². The first-order valence-corrected chi connectivity index (χ1v) is 5.20. The number of rotatable bonds is 4. The summed E-state index contributed by atoms with van der Waals surface area (Å²) in [5.74, 6) is 0.121. The molecule has 0 aromatic carbocycles. The zero-order valence-electron chi connectivity index (χ0n) is 7.82. The number of amides is 1. The van der Waals surface area contributed by atoms with E-state index in [0.29, 0.717) is 23.8 Å². The minimum absolute atomic E-state index is 0.121. The second kappa shape index (κ2) is 3.96. The summed E-state index contributed by atoms with van der Waals surface area (Å²) in [4.78, 5) is 14.2. The minimum Gasteiger partial charge on any atom is -0.353 e. The lowest BCUT2D eigenvalue weighted by molar-refractivity contribution is -0.121. The predicted octanol–water partition coefficient (Wildman–Crippen LogP) is 1.21. The van der Waals surface area contributed by atoms with Crippen LogP contribution >= 0.6 is 12.2 Å². The van der Waals surface area contributed by atoms with E-state index < -0.39 is 0 Å². The fourth-order valence-corrected chi connectivity index (χ4v) is 1.49. The molecule has 2 N–H and O–H groups in total. The van der Waals surface area contributed by atoms with Crippen molar-refractivity contribution in [3.63, 3.8) is 0 Å². The zero-order chi connectivity index (χ0) is 9.97. The molecule has 1 aromatic rings. The molecule has 0 bridgehead atoms. The van der Waals surface area contributed by atoms with Crippen LogP contribution in [0.25, 0.3) is 0 Å². The Morgan fingerprint density at radius 2 is 2.50 bits per heavy atom. The van der Waals surface area contributed by atoms with Gasteiger partial charge in [0.15, 0.2) is 4.77 Å². The van der Waals surface area contributed by atoms with Crippen molar-refractivity contribution in [1.29, 1.82) is 0 Å². The van der Waals surface area contributed by atoms with Gasteiger partial charge in [-0.05, 0) is 25.1 Å². The number of hydrogen-bond donors (Lipinski definition) is 2. The highest BCUT2D eigenvalue weighted by atomic mass is 32.1. The summed E-state index contributed by atoms with van der Waals surface area (Å²) >= 11 is 5.01. The zero-order valence-corrected chi connectivity index (χ0v) is 8.64. The van der Waals surface area contributed by atoms with Gasteiger partial charge in [-0.2, -0.15) is 0 Å². The summed E-state index contributed by atoms with van der Waals surface area (Å²) in [6.45, 7) is 0.654. The number of aromatic nitrogens is 2. The summed E-state index contributed by atoms with van der Waals surface area (Å²) in [7, 11) is 0. The lowest BCUT2D eigenvalue weighted by atomic mass is 10.4. The molecule has 0 spiro atoms. The van der Waals surface area contributed by atoms with Crippen molar-refractivity contribution < 1.29 is 4.79 Å². The maximum atomic E-state index is 11.3. The van der Waals surface area contributed by atoms with Crippen LogP contribution in [0.15, 0.2) is 12.4 Å². The average Bonchev–Trinajstić information content (AvgIpc) is 2.86. The van der Waals surface area contributed by atoms with Crippen molar-refractivity contribution in [3.8, 4) is 0 Å². The number of carbonyl (C=O) groups is 1. The molecule has 1 aliphatic carbocycles. The molecule has 0 saturated heterocycles. The van der Waals surface area contributed by atoms with Crippen molar-refractivity contribution in [2.75, 3.05) is 0 Å². The summed E-state index contributed by atoms with van der Waals surface area (Å²) in [6.07, 6.45) is 6.40. The number of hydrogen-bond acceptors (Lipinski definition) is 2. The van der Waals surface area contributed by atoms with E-state index in [-0.39, 0.29) is 5.91 Å². The molecule has 2 rings (SSSR count). The van der Waals surface area contributed by atoms with E-state index in [2.05, 4.69) is 10.3 Å². The molecule has 0 aliphatic heterocycles. The third-order valence-electron chi connectivity index (χ3n) is 2.24. The second-order valence-corrected chi connectivity index (χ2v) is 3.94. The highest BCUT2D eigenvalue weighted by Gasteiger charge is 2.22. The molecular weight excluding hydrogens is 198 g/mol. The number of H-pyrrole nitrogens is 1. The Kier molecular flexibility index (Phi) is 2.67. The Morgan fingerprint density at radius 3 is 3.07 bits per heavy atom. The van der Waals surface area contributed by atoms with Gasteiger partial charge in [-0.15, -0.1) is 0 Å². The normalized spacial score (nSPS) is 15.4. The van der Waals surface area contributed by atoms with Crippen LogP contribution in [0.5, 0.6) is 0 Å². The van der Waals surface area contributed by atoms with Gasteiger partial charge in [-0.1, -0.05) is 0 Å². The topological polar surface area (TPSA) is 49.8 Å². The standard InChI is InChI=1S/C9H13N3OS/c13-8(11-7-1-2-7)3-5-12-6-4-10-9(12)14/h4,6-7H,1-3,5H2,(H,10,14)(H,11,13). The maximum Gasteiger partial charge on any atom is 0.222 e.